The van der Waals surface area contributed by atoms with E-state index in [0.29, 0.717) is 11.3 Å². The first-order chi connectivity index (χ1) is 10.8. The fraction of sp³-hybridized carbons (Fsp3) is 0.429. The SMILES string of the molecule is COc1ccc(CC(=O)N2N=C(C(F)F)CC2(O)C(F)F)cc1. The highest BCUT2D eigenvalue weighted by molar-refractivity contribution is 5.93. The van der Waals surface area contributed by atoms with E-state index in [-0.39, 0.29) is 11.4 Å². The molecule has 0 spiro atoms. The molecule has 2 rings (SSSR count). The van der Waals surface area contributed by atoms with Crippen LogP contribution < -0.4 is 4.74 Å². The first-order valence-electron chi connectivity index (χ1n) is 6.60. The van der Waals surface area contributed by atoms with Crippen LogP contribution in [0.3, 0.4) is 0 Å². The zero-order chi connectivity index (χ0) is 17.2. The highest BCUT2D eigenvalue weighted by Gasteiger charge is 2.53. The standard InChI is InChI=1S/C14H14F4N2O3/c1-23-9-4-2-8(3-5-9)6-11(21)20-14(22,13(17)18)7-10(19-20)12(15)16/h2-5,12-13,22H,6-7H2,1H3. The summed E-state index contributed by atoms with van der Waals surface area (Å²) >= 11 is 0. The van der Waals surface area contributed by atoms with Gasteiger partial charge in [0.1, 0.15) is 11.5 Å². The number of hydrogen-bond donors (Lipinski definition) is 1. The molecule has 1 atom stereocenters. The van der Waals surface area contributed by atoms with Crippen molar-refractivity contribution in [2.75, 3.05) is 7.11 Å². The number of nitrogens with zero attached hydrogens (tertiary/aromatic N) is 2. The van der Waals surface area contributed by atoms with Crippen LogP contribution in [0.15, 0.2) is 29.4 Å². The Labute approximate surface area is 129 Å². The molecule has 0 saturated carbocycles. The first kappa shape index (κ1) is 17.2. The maximum Gasteiger partial charge on any atom is 0.287 e. The van der Waals surface area contributed by atoms with Crippen molar-refractivity contribution in [3.05, 3.63) is 29.8 Å². The summed E-state index contributed by atoms with van der Waals surface area (Å²) < 4.78 is 56.3. The molecule has 0 bridgehead atoms. The van der Waals surface area contributed by atoms with Gasteiger partial charge < -0.3 is 9.84 Å². The molecule has 1 aliphatic rings. The van der Waals surface area contributed by atoms with Crippen LogP contribution in [0, 0.1) is 0 Å². The van der Waals surface area contributed by atoms with Crippen LogP contribution in [0.25, 0.3) is 0 Å². The number of aliphatic hydroxyl groups is 1. The van der Waals surface area contributed by atoms with Crippen molar-refractivity contribution in [3.8, 4) is 5.75 Å². The van der Waals surface area contributed by atoms with Gasteiger partial charge in [-0.3, -0.25) is 4.79 Å². The van der Waals surface area contributed by atoms with E-state index in [0.717, 1.165) is 0 Å². The van der Waals surface area contributed by atoms with E-state index in [1.807, 2.05) is 0 Å². The average Bonchev–Trinajstić information content (AvgIpc) is 2.88. The number of ether oxygens (including phenoxy) is 1. The van der Waals surface area contributed by atoms with E-state index >= 15 is 0 Å². The molecule has 23 heavy (non-hydrogen) atoms. The van der Waals surface area contributed by atoms with E-state index in [1.54, 1.807) is 12.1 Å². The second-order valence-electron chi connectivity index (χ2n) is 4.98. The van der Waals surface area contributed by atoms with Crippen molar-refractivity contribution in [1.29, 1.82) is 0 Å². The molecule has 0 radical (unpaired) electrons. The number of halogens is 4. The molecule has 0 aromatic heterocycles. The lowest BCUT2D eigenvalue weighted by molar-refractivity contribution is -0.191. The largest absolute Gasteiger partial charge is 0.497 e. The van der Waals surface area contributed by atoms with Gasteiger partial charge in [0.2, 0.25) is 11.6 Å². The number of methoxy groups -OCH3 is 1. The molecular weight excluding hydrogens is 320 g/mol. The number of hydrazone groups is 1. The molecule has 5 nitrogen and oxygen atoms in total. The average molecular weight is 334 g/mol. The van der Waals surface area contributed by atoms with Gasteiger partial charge in [-0.15, -0.1) is 0 Å². The van der Waals surface area contributed by atoms with Gasteiger partial charge in [-0.1, -0.05) is 12.1 Å². The van der Waals surface area contributed by atoms with Gasteiger partial charge in [-0.05, 0) is 17.7 Å². The molecule has 1 aliphatic heterocycles. The molecule has 1 amide bonds. The Balaban J connectivity index is 2.20. The smallest absolute Gasteiger partial charge is 0.287 e. The normalized spacial score (nSPS) is 21.0. The fourth-order valence-electron chi connectivity index (χ4n) is 2.15. The lowest BCUT2D eigenvalue weighted by Gasteiger charge is -2.30. The monoisotopic (exact) mass is 334 g/mol. The van der Waals surface area contributed by atoms with Gasteiger partial charge in [0.05, 0.1) is 13.5 Å². The zero-order valence-corrected chi connectivity index (χ0v) is 12.0. The predicted octanol–water partition coefficient (Wildman–Crippen LogP) is 2.04. The molecule has 0 saturated heterocycles. The molecule has 9 heteroatoms. The Hall–Kier alpha value is -2.16. The summed E-state index contributed by atoms with van der Waals surface area (Å²) in [6.07, 6.45) is -8.02. The maximum atomic E-state index is 13.0. The van der Waals surface area contributed by atoms with E-state index in [2.05, 4.69) is 5.10 Å². The second kappa shape index (κ2) is 6.53. The molecule has 126 valence electrons. The minimum absolute atomic E-state index is 0.0589. The lowest BCUT2D eigenvalue weighted by atomic mass is 10.1. The fourth-order valence-corrected chi connectivity index (χ4v) is 2.15. The number of alkyl halides is 4. The number of carbonyl (C=O) groups is 1. The predicted molar refractivity (Wildman–Crippen MR) is 72.6 cm³/mol. The van der Waals surface area contributed by atoms with E-state index in [1.165, 1.54) is 19.2 Å². The Bertz CT molecular complexity index is 607. The molecule has 0 aliphatic carbocycles. The van der Waals surface area contributed by atoms with E-state index in [9.17, 15) is 27.5 Å². The van der Waals surface area contributed by atoms with Gasteiger partial charge in [0, 0.05) is 6.42 Å². The molecule has 1 aromatic carbocycles. The quantitative estimate of drug-likeness (QED) is 0.839. The van der Waals surface area contributed by atoms with Gasteiger partial charge in [0.25, 0.3) is 12.9 Å². The number of benzene rings is 1. The molecule has 1 N–H and O–H groups in total. The van der Waals surface area contributed by atoms with E-state index in [4.69, 9.17) is 4.74 Å². The summed E-state index contributed by atoms with van der Waals surface area (Å²) in [5, 5.41) is 13.1. The molecule has 1 heterocycles. The first-order valence-corrected chi connectivity index (χ1v) is 6.60. The van der Waals surface area contributed by atoms with Crippen LogP contribution in [0.5, 0.6) is 5.75 Å². The minimum atomic E-state index is -3.43. The lowest BCUT2D eigenvalue weighted by Crippen LogP contribution is -2.52. The van der Waals surface area contributed by atoms with Crippen molar-refractivity contribution in [2.24, 2.45) is 5.10 Å². The zero-order valence-electron chi connectivity index (χ0n) is 12.0. The second-order valence-corrected chi connectivity index (χ2v) is 4.98. The third kappa shape index (κ3) is 3.44. The summed E-state index contributed by atoms with van der Waals surface area (Å²) in [4.78, 5) is 12.1. The van der Waals surface area contributed by atoms with Crippen molar-refractivity contribution in [2.45, 2.75) is 31.4 Å². The number of hydrogen-bond acceptors (Lipinski definition) is 4. The topological polar surface area (TPSA) is 62.1 Å². The Morgan fingerprint density at radius 1 is 1.35 bits per heavy atom. The Morgan fingerprint density at radius 3 is 2.43 bits per heavy atom. The van der Waals surface area contributed by atoms with Crippen LogP contribution in [0.2, 0.25) is 0 Å². The van der Waals surface area contributed by atoms with Gasteiger partial charge in [-0.2, -0.15) is 10.1 Å². The molecule has 1 unspecified atom stereocenters. The van der Waals surface area contributed by atoms with Crippen LogP contribution in [-0.4, -0.2) is 47.4 Å². The summed E-state index contributed by atoms with van der Waals surface area (Å²) in [5.41, 5.74) is -3.56. The third-order valence-electron chi connectivity index (χ3n) is 3.39. The number of carbonyl (C=O) groups excluding carboxylic acids is 1. The summed E-state index contributed by atoms with van der Waals surface area (Å²) in [7, 11) is 1.45. The van der Waals surface area contributed by atoms with Crippen LogP contribution in [0.1, 0.15) is 12.0 Å². The van der Waals surface area contributed by atoms with Gasteiger partial charge in [0.15, 0.2) is 0 Å². The Morgan fingerprint density at radius 2 is 1.96 bits per heavy atom. The highest BCUT2D eigenvalue weighted by atomic mass is 19.3. The summed E-state index contributed by atoms with van der Waals surface area (Å²) in [6.45, 7) is 0. The number of rotatable bonds is 5. The number of amides is 1. The Kier molecular flexibility index (Phi) is 4.88. The summed E-state index contributed by atoms with van der Waals surface area (Å²) in [5.74, 6) is -0.474. The molecular formula is C14H14F4N2O3. The highest BCUT2D eigenvalue weighted by Crippen LogP contribution is 2.33. The van der Waals surface area contributed by atoms with Gasteiger partial charge >= 0.3 is 0 Å². The summed E-state index contributed by atoms with van der Waals surface area (Å²) in [6, 6.07) is 6.15. The third-order valence-corrected chi connectivity index (χ3v) is 3.39. The maximum absolute atomic E-state index is 13.0. The van der Waals surface area contributed by atoms with Crippen LogP contribution in [-0.2, 0) is 11.2 Å². The van der Waals surface area contributed by atoms with E-state index < -0.39 is 36.6 Å². The molecule has 0 fully saturated rings. The van der Waals surface area contributed by atoms with Crippen molar-refractivity contribution >= 4 is 11.6 Å². The van der Waals surface area contributed by atoms with Crippen LogP contribution in [0.4, 0.5) is 17.6 Å². The van der Waals surface area contributed by atoms with Crippen molar-refractivity contribution < 1.29 is 32.2 Å². The minimum Gasteiger partial charge on any atom is -0.497 e. The van der Waals surface area contributed by atoms with Gasteiger partial charge in [-0.25, -0.2) is 17.6 Å². The van der Waals surface area contributed by atoms with Crippen molar-refractivity contribution in [3.63, 3.8) is 0 Å². The van der Waals surface area contributed by atoms with Crippen LogP contribution >= 0.6 is 0 Å². The van der Waals surface area contributed by atoms with Crippen molar-refractivity contribution in [1.82, 2.24) is 5.01 Å². The molecule has 1 aromatic rings.